The van der Waals surface area contributed by atoms with E-state index in [1.54, 1.807) is 24.4 Å². The first-order valence-corrected chi connectivity index (χ1v) is 8.50. The number of nitrogens with one attached hydrogen (secondary N) is 2. The van der Waals surface area contributed by atoms with Gasteiger partial charge in [0.05, 0.1) is 17.9 Å². The lowest BCUT2D eigenvalue weighted by Crippen LogP contribution is -2.27. The molecule has 3 aromatic rings. The summed E-state index contributed by atoms with van der Waals surface area (Å²) in [5.74, 6) is 0.193. The van der Waals surface area contributed by atoms with Crippen LogP contribution in [0.4, 0.5) is 4.39 Å². The summed E-state index contributed by atoms with van der Waals surface area (Å²) in [6.07, 6.45) is 5.57. The van der Waals surface area contributed by atoms with Crippen LogP contribution in [0.15, 0.2) is 66.9 Å². The van der Waals surface area contributed by atoms with Gasteiger partial charge in [-0.05, 0) is 35.8 Å². The second-order valence-corrected chi connectivity index (χ2v) is 5.90. The fraction of sp³-hybridized carbons (Fsp3) is 0.143. The molecular weight excluding hydrogens is 329 g/mol. The summed E-state index contributed by atoms with van der Waals surface area (Å²) in [7, 11) is 0. The van der Waals surface area contributed by atoms with Crippen molar-refractivity contribution in [2.24, 2.45) is 0 Å². The number of H-pyrrole nitrogens is 1. The second-order valence-electron chi connectivity index (χ2n) is 5.90. The number of amides is 1. The van der Waals surface area contributed by atoms with Crippen LogP contribution in [0.5, 0.6) is 0 Å². The average molecular weight is 349 g/mol. The summed E-state index contributed by atoms with van der Waals surface area (Å²) >= 11 is 0. The highest BCUT2D eigenvalue weighted by Gasteiger charge is 2.15. The van der Waals surface area contributed by atoms with Crippen molar-refractivity contribution < 1.29 is 9.18 Å². The highest BCUT2D eigenvalue weighted by Crippen LogP contribution is 2.20. The molecule has 2 N–H and O–H groups in total. The van der Waals surface area contributed by atoms with Crippen molar-refractivity contribution >= 4 is 12.0 Å². The van der Waals surface area contributed by atoms with E-state index in [1.165, 1.54) is 18.2 Å². The first kappa shape index (κ1) is 17.6. The molecule has 4 nitrogen and oxygen atoms in total. The van der Waals surface area contributed by atoms with Gasteiger partial charge in [0.1, 0.15) is 11.6 Å². The Morgan fingerprint density at radius 2 is 1.92 bits per heavy atom. The van der Waals surface area contributed by atoms with Gasteiger partial charge in [0.15, 0.2) is 0 Å². The van der Waals surface area contributed by atoms with Crippen molar-refractivity contribution in [3.05, 3.63) is 84.1 Å². The minimum Gasteiger partial charge on any atom is -0.343 e. The second kappa shape index (κ2) is 8.25. The molecule has 1 heterocycles. The van der Waals surface area contributed by atoms with E-state index in [0.29, 0.717) is 6.42 Å². The minimum absolute atomic E-state index is 0.210. The van der Waals surface area contributed by atoms with Crippen LogP contribution in [-0.2, 0) is 4.79 Å². The number of carbonyl (C=O) groups excluding carboxylic acids is 1. The minimum atomic E-state index is -0.301. The van der Waals surface area contributed by atoms with Crippen LogP contribution >= 0.6 is 0 Å². The van der Waals surface area contributed by atoms with Gasteiger partial charge in [-0.25, -0.2) is 9.37 Å². The lowest BCUT2D eigenvalue weighted by Gasteiger charge is -2.13. The number of aromatic nitrogens is 2. The fourth-order valence-corrected chi connectivity index (χ4v) is 2.61. The fourth-order valence-electron chi connectivity index (χ4n) is 2.61. The molecule has 0 fully saturated rings. The van der Waals surface area contributed by atoms with Crippen LogP contribution in [0.3, 0.4) is 0 Å². The van der Waals surface area contributed by atoms with E-state index >= 15 is 0 Å². The van der Waals surface area contributed by atoms with E-state index in [-0.39, 0.29) is 17.8 Å². The van der Waals surface area contributed by atoms with E-state index in [0.717, 1.165) is 22.6 Å². The molecule has 0 saturated carbocycles. The zero-order valence-electron chi connectivity index (χ0n) is 14.4. The van der Waals surface area contributed by atoms with Crippen molar-refractivity contribution in [2.45, 2.75) is 19.4 Å². The van der Waals surface area contributed by atoms with Gasteiger partial charge in [-0.2, -0.15) is 0 Å². The summed E-state index contributed by atoms with van der Waals surface area (Å²) in [4.78, 5) is 19.9. The van der Waals surface area contributed by atoms with Gasteiger partial charge in [0, 0.05) is 6.08 Å². The molecule has 2 aromatic carbocycles. The number of carbonyl (C=O) groups is 1. The molecule has 1 amide bonds. The van der Waals surface area contributed by atoms with E-state index < -0.39 is 0 Å². The zero-order chi connectivity index (χ0) is 18.4. The predicted molar refractivity (Wildman–Crippen MR) is 101 cm³/mol. The predicted octanol–water partition coefficient (Wildman–Crippen LogP) is 4.50. The summed E-state index contributed by atoms with van der Waals surface area (Å²) in [6, 6.07) is 15.7. The normalized spacial score (nSPS) is 12.2. The molecular formula is C21H20FN3O. The number of halogens is 1. The largest absolute Gasteiger partial charge is 0.343 e. The maximum atomic E-state index is 12.9. The zero-order valence-corrected chi connectivity index (χ0v) is 14.4. The van der Waals surface area contributed by atoms with Gasteiger partial charge in [0.25, 0.3) is 0 Å². The van der Waals surface area contributed by atoms with Gasteiger partial charge in [0.2, 0.25) is 5.91 Å². The Kier molecular flexibility index (Phi) is 5.59. The monoisotopic (exact) mass is 349 g/mol. The summed E-state index contributed by atoms with van der Waals surface area (Å²) in [5.41, 5.74) is 2.72. The van der Waals surface area contributed by atoms with Crippen LogP contribution in [0.2, 0.25) is 0 Å². The number of rotatable bonds is 6. The van der Waals surface area contributed by atoms with Crippen LogP contribution in [0, 0.1) is 5.82 Å². The SMILES string of the molecule is CC[C@H](NC(=O)/C=C/c1ccc(F)cc1)c1ncc(-c2ccccc2)[nH]1. The van der Waals surface area contributed by atoms with Crippen molar-refractivity contribution in [1.82, 2.24) is 15.3 Å². The van der Waals surface area contributed by atoms with Gasteiger partial charge in [-0.1, -0.05) is 49.4 Å². The molecule has 3 rings (SSSR count). The van der Waals surface area contributed by atoms with Gasteiger partial charge < -0.3 is 10.3 Å². The van der Waals surface area contributed by atoms with Crippen LogP contribution in [0.25, 0.3) is 17.3 Å². The van der Waals surface area contributed by atoms with E-state index in [9.17, 15) is 9.18 Å². The van der Waals surface area contributed by atoms with Gasteiger partial charge in [-0.15, -0.1) is 0 Å². The molecule has 0 bridgehead atoms. The lowest BCUT2D eigenvalue weighted by atomic mass is 10.2. The molecule has 0 aliphatic rings. The Bertz CT molecular complexity index is 885. The number of benzene rings is 2. The van der Waals surface area contributed by atoms with Crippen molar-refractivity contribution in [2.75, 3.05) is 0 Å². The summed E-state index contributed by atoms with van der Waals surface area (Å²) in [6.45, 7) is 1.99. The maximum absolute atomic E-state index is 12.9. The Morgan fingerprint density at radius 3 is 2.62 bits per heavy atom. The maximum Gasteiger partial charge on any atom is 0.244 e. The van der Waals surface area contributed by atoms with Gasteiger partial charge >= 0.3 is 0 Å². The van der Waals surface area contributed by atoms with E-state index in [2.05, 4.69) is 15.3 Å². The summed E-state index contributed by atoms with van der Waals surface area (Å²) < 4.78 is 12.9. The average Bonchev–Trinajstić information content (AvgIpc) is 3.16. The first-order valence-electron chi connectivity index (χ1n) is 8.50. The third kappa shape index (κ3) is 4.45. The molecule has 0 unspecified atom stereocenters. The first-order chi connectivity index (χ1) is 12.7. The molecule has 0 radical (unpaired) electrons. The number of hydrogen-bond acceptors (Lipinski definition) is 2. The molecule has 0 aliphatic carbocycles. The quantitative estimate of drug-likeness (QED) is 0.644. The Hall–Kier alpha value is -3.21. The Labute approximate surface area is 151 Å². The number of hydrogen-bond donors (Lipinski definition) is 2. The standard InChI is InChI=1S/C21H20FN3O/c1-2-18(21-23-14-19(25-21)16-6-4-3-5-7-16)24-20(26)13-10-15-8-11-17(22)12-9-15/h3-14,18H,2H2,1H3,(H,23,25)(H,24,26)/b13-10+/t18-/m0/s1. The van der Waals surface area contributed by atoms with Crippen molar-refractivity contribution in [3.8, 4) is 11.3 Å². The highest BCUT2D eigenvalue weighted by atomic mass is 19.1. The Balaban J connectivity index is 1.66. The van der Waals surface area contributed by atoms with Crippen molar-refractivity contribution in [1.29, 1.82) is 0 Å². The number of nitrogens with zero attached hydrogens (tertiary/aromatic N) is 1. The molecule has 0 aliphatic heterocycles. The number of aromatic amines is 1. The lowest BCUT2D eigenvalue weighted by molar-refractivity contribution is -0.117. The highest BCUT2D eigenvalue weighted by molar-refractivity contribution is 5.91. The van der Waals surface area contributed by atoms with E-state index in [1.807, 2.05) is 37.3 Å². The molecule has 1 aromatic heterocycles. The third-order valence-electron chi connectivity index (χ3n) is 4.03. The summed E-state index contributed by atoms with van der Waals surface area (Å²) in [5, 5.41) is 2.94. The van der Waals surface area contributed by atoms with E-state index in [4.69, 9.17) is 0 Å². The smallest absolute Gasteiger partial charge is 0.244 e. The van der Waals surface area contributed by atoms with Gasteiger partial charge in [-0.3, -0.25) is 4.79 Å². The Morgan fingerprint density at radius 1 is 1.19 bits per heavy atom. The molecule has 0 saturated heterocycles. The molecule has 132 valence electrons. The van der Waals surface area contributed by atoms with Crippen LogP contribution in [0.1, 0.15) is 30.8 Å². The molecule has 1 atom stereocenters. The molecule has 26 heavy (non-hydrogen) atoms. The van der Waals surface area contributed by atoms with Crippen LogP contribution in [-0.4, -0.2) is 15.9 Å². The molecule has 5 heteroatoms. The third-order valence-corrected chi connectivity index (χ3v) is 4.03. The topological polar surface area (TPSA) is 57.8 Å². The van der Waals surface area contributed by atoms with Crippen molar-refractivity contribution in [3.63, 3.8) is 0 Å². The number of imidazole rings is 1. The molecule has 0 spiro atoms. The van der Waals surface area contributed by atoms with Crippen LogP contribution < -0.4 is 5.32 Å².